The summed E-state index contributed by atoms with van der Waals surface area (Å²) in [7, 11) is 0. The fourth-order valence-electron chi connectivity index (χ4n) is 5.61. The molecule has 2 saturated carbocycles. The van der Waals surface area contributed by atoms with E-state index in [0.717, 1.165) is 45.1 Å². The first kappa shape index (κ1) is 19.2. The van der Waals surface area contributed by atoms with Crippen molar-refractivity contribution in [3.05, 3.63) is 0 Å². The Morgan fingerprint density at radius 2 is 1.93 bits per heavy atom. The third-order valence-corrected chi connectivity index (χ3v) is 6.76. The van der Waals surface area contributed by atoms with Crippen LogP contribution in [0.15, 0.2) is 0 Å². The lowest BCUT2D eigenvalue weighted by Crippen LogP contribution is -2.59. The SMILES string of the molecule is CCOC(=O)CN1C2CC(C(=O)OCC)CC3CC(OC4CCCCO4)C321. The molecule has 27 heavy (non-hydrogen) atoms. The molecule has 4 rings (SSSR count). The summed E-state index contributed by atoms with van der Waals surface area (Å²) in [6.45, 7) is 5.49. The van der Waals surface area contributed by atoms with Crippen LogP contribution in [0.2, 0.25) is 0 Å². The highest BCUT2D eigenvalue weighted by atomic mass is 16.7. The van der Waals surface area contributed by atoms with Crippen molar-refractivity contribution in [2.45, 2.75) is 76.3 Å². The minimum Gasteiger partial charge on any atom is -0.466 e. The van der Waals surface area contributed by atoms with Crippen LogP contribution >= 0.6 is 0 Å². The van der Waals surface area contributed by atoms with Crippen LogP contribution in [0, 0.1) is 11.8 Å². The van der Waals surface area contributed by atoms with Crippen LogP contribution in [-0.4, -0.2) is 67.2 Å². The molecular formula is C20H31NO6. The largest absolute Gasteiger partial charge is 0.466 e. The Morgan fingerprint density at radius 1 is 1.11 bits per heavy atom. The molecule has 0 aromatic carbocycles. The first-order valence-corrected chi connectivity index (χ1v) is 10.5. The zero-order valence-corrected chi connectivity index (χ0v) is 16.4. The van der Waals surface area contributed by atoms with Crippen LogP contribution in [0.1, 0.15) is 52.4 Å². The van der Waals surface area contributed by atoms with E-state index in [1.807, 2.05) is 13.8 Å². The molecule has 0 bridgehead atoms. The smallest absolute Gasteiger partial charge is 0.320 e. The van der Waals surface area contributed by atoms with Gasteiger partial charge in [-0.3, -0.25) is 14.5 Å². The number of likely N-dealkylation sites (tertiary alicyclic amines) is 1. The van der Waals surface area contributed by atoms with Crippen molar-refractivity contribution in [2.75, 3.05) is 26.4 Å². The van der Waals surface area contributed by atoms with Gasteiger partial charge in [0.1, 0.15) is 0 Å². The Morgan fingerprint density at radius 3 is 2.63 bits per heavy atom. The number of nitrogens with zero attached hydrogens (tertiary/aromatic N) is 1. The number of rotatable bonds is 7. The molecule has 152 valence electrons. The van der Waals surface area contributed by atoms with Crippen molar-refractivity contribution in [3.63, 3.8) is 0 Å². The quantitative estimate of drug-likeness (QED) is 0.492. The summed E-state index contributed by atoms with van der Waals surface area (Å²) in [4.78, 5) is 26.6. The maximum Gasteiger partial charge on any atom is 0.320 e. The summed E-state index contributed by atoms with van der Waals surface area (Å²) < 4.78 is 22.5. The fourth-order valence-corrected chi connectivity index (χ4v) is 5.61. The normalized spacial score (nSPS) is 42.3. The predicted octanol–water partition coefficient (Wildman–Crippen LogP) is 1.88. The van der Waals surface area contributed by atoms with Crippen LogP contribution in [-0.2, 0) is 28.5 Å². The molecule has 2 aliphatic heterocycles. The van der Waals surface area contributed by atoms with Gasteiger partial charge >= 0.3 is 11.9 Å². The maximum absolute atomic E-state index is 12.3. The molecule has 0 amide bonds. The molecule has 2 aliphatic carbocycles. The Labute approximate surface area is 160 Å². The zero-order chi connectivity index (χ0) is 19.0. The third-order valence-electron chi connectivity index (χ3n) is 6.76. The van der Waals surface area contributed by atoms with Gasteiger partial charge in [-0.15, -0.1) is 0 Å². The third kappa shape index (κ3) is 3.28. The molecule has 7 heteroatoms. The number of carbonyl (C=O) groups excluding carboxylic acids is 2. The number of hydrogen-bond donors (Lipinski definition) is 0. The first-order chi connectivity index (χ1) is 13.1. The molecule has 7 atom stereocenters. The van der Waals surface area contributed by atoms with Crippen LogP contribution in [0.3, 0.4) is 0 Å². The van der Waals surface area contributed by atoms with Gasteiger partial charge in [-0.05, 0) is 58.3 Å². The lowest BCUT2D eigenvalue weighted by molar-refractivity contribution is -0.230. The van der Waals surface area contributed by atoms with E-state index >= 15 is 0 Å². The van der Waals surface area contributed by atoms with Crippen LogP contribution in [0.25, 0.3) is 0 Å². The van der Waals surface area contributed by atoms with E-state index in [-0.39, 0.29) is 48.4 Å². The Hall–Kier alpha value is -1.18. The van der Waals surface area contributed by atoms with Gasteiger partial charge < -0.3 is 18.9 Å². The minimum atomic E-state index is -0.202. The molecule has 0 aromatic rings. The fraction of sp³-hybridized carbons (Fsp3) is 0.900. The molecular weight excluding hydrogens is 350 g/mol. The molecule has 0 aromatic heterocycles. The number of ether oxygens (including phenoxy) is 4. The Bertz CT molecular complexity index is 577. The zero-order valence-electron chi connectivity index (χ0n) is 16.4. The van der Waals surface area contributed by atoms with Crippen molar-refractivity contribution in [1.29, 1.82) is 0 Å². The first-order valence-electron chi connectivity index (χ1n) is 10.5. The van der Waals surface area contributed by atoms with E-state index in [0.29, 0.717) is 19.1 Å². The molecule has 7 unspecified atom stereocenters. The molecule has 7 nitrogen and oxygen atoms in total. The second-order valence-corrected chi connectivity index (χ2v) is 8.11. The predicted molar refractivity (Wildman–Crippen MR) is 95.8 cm³/mol. The monoisotopic (exact) mass is 381 g/mol. The lowest BCUT2D eigenvalue weighted by Gasteiger charge is -2.50. The lowest BCUT2D eigenvalue weighted by atomic mass is 9.60. The molecule has 2 saturated heterocycles. The van der Waals surface area contributed by atoms with Crippen LogP contribution < -0.4 is 0 Å². The van der Waals surface area contributed by atoms with Gasteiger partial charge in [0.15, 0.2) is 6.29 Å². The van der Waals surface area contributed by atoms with Crippen LogP contribution in [0.5, 0.6) is 0 Å². The molecule has 4 fully saturated rings. The molecule has 4 aliphatic rings. The highest BCUT2D eigenvalue weighted by molar-refractivity contribution is 5.75. The van der Waals surface area contributed by atoms with E-state index in [1.54, 1.807) is 0 Å². The van der Waals surface area contributed by atoms with E-state index in [1.165, 1.54) is 0 Å². The summed E-state index contributed by atoms with van der Waals surface area (Å²) in [6.07, 6.45) is 5.59. The van der Waals surface area contributed by atoms with Crippen molar-refractivity contribution in [3.8, 4) is 0 Å². The minimum absolute atomic E-state index is 0.0767. The topological polar surface area (TPSA) is 74.1 Å². The van der Waals surface area contributed by atoms with Gasteiger partial charge in [-0.2, -0.15) is 0 Å². The van der Waals surface area contributed by atoms with Crippen LogP contribution in [0.4, 0.5) is 0 Å². The molecule has 0 N–H and O–H groups in total. The second-order valence-electron chi connectivity index (χ2n) is 8.11. The number of carbonyl (C=O) groups is 2. The van der Waals surface area contributed by atoms with Crippen molar-refractivity contribution >= 4 is 11.9 Å². The van der Waals surface area contributed by atoms with Crippen molar-refractivity contribution < 1.29 is 28.5 Å². The molecule has 2 heterocycles. The molecule has 0 radical (unpaired) electrons. The summed E-state index contributed by atoms with van der Waals surface area (Å²) >= 11 is 0. The highest BCUT2D eigenvalue weighted by Gasteiger charge is 2.78. The number of esters is 2. The standard InChI is InChI=1S/C20H31NO6/c1-3-24-17(22)12-21-15-10-13(19(23)25-4-2)9-14-11-16(20(14,15)21)27-18-7-5-6-8-26-18/h13-16,18H,3-12H2,1-2H3. The van der Waals surface area contributed by atoms with Gasteiger partial charge in [-0.1, -0.05) is 0 Å². The maximum atomic E-state index is 12.3. The van der Waals surface area contributed by atoms with E-state index in [4.69, 9.17) is 18.9 Å². The average Bonchev–Trinajstić information content (AvgIpc) is 3.31. The number of hydrogen-bond acceptors (Lipinski definition) is 7. The Balaban J connectivity index is 1.45. The van der Waals surface area contributed by atoms with Gasteiger partial charge in [0.2, 0.25) is 0 Å². The van der Waals surface area contributed by atoms with Gasteiger partial charge in [0.05, 0.1) is 37.3 Å². The average molecular weight is 381 g/mol. The molecule has 1 spiro atoms. The van der Waals surface area contributed by atoms with Gasteiger partial charge in [0, 0.05) is 12.6 Å². The summed E-state index contributed by atoms with van der Waals surface area (Å²) in [5.41, 5.74) is -0.115. The van der Waals surface area contributed by atoms with E-state index in [2.05, 4.69) is 4.90 Å². The van der Waals surface area contributed by atoms with Crippen molar-refractivity contribution in [1.82, 2.24) is 4.90 Å². The highest BCUT2D eigenvalue weighted by Crippen LogP contribution is 2.66. The van der Waals surface area contributed by atoms with Gasteiger partial charge in [-0.25, -0.2) is 0 Å². The van der Waals surface area contributed by atoms with E-state index < -0.39 is 0 Å². The van der Waals surface area contributed by atoms with Crippen molar-refractivity contribution in [2.24, 2.45) is 11.8 Å². The van der Waals surface area contributed by atoms with E-state index in [9.17, 15) is 9.59 Å². The summed E-state index contributed by atoms with van der Waals surface area (Å²) in [6, 6.07) is 0.192. The summed E-state index contributed by atoms with van der Waals surface area (Å²) in [5.74, 6) is -0.0119. The summed E-state index contributed by atoms with van der Waals surface area (Å²) in [5, 5.41) is 0. The Kier molecular flexibility index (Phi) is 5.45. The second kappa shape index (κ2) is 7.68. The van der Waals surface area contributed by atoms with Gasteiger partial charge in [0.25, 0.3) is 0 Å².